The third-order valence-electron chi connectivity index (χ3n) is 5.87. The van der Waals surface area contributed by atoms with Crippen LogP contribution in [0.5, 0.6) is 5.75 Å². The lowest BCUT2D eigenvalue weighted by Crippen LogP contribution is -2.15. The second-order valence-electron chi connectivity index (χ2n) is 8.48. The van der Waals surface area contributed by atoms with Gasteiger partial charge in [0, 0.05) is 11.1 Å². The number of nitrogens with zero attached hydrogens (tertiary/aromatic N) is 2. The van der Waals surface area contributed by atoms with Crippen LogP contribution in [0.25, 0.3) is 10.8 Å². The van der Waals surface area contributed by atoms with Crippen molar-refractivity contribution in [2.45, 2.75) is 4.90 Å². The molecular formula is C29H22N4O5S. The summed E-state index contributed by atoms with van der Waals surface area (Å²) in [5.41, 5.74) is 1.63. The maximum atomic E-state index is 13.1. The molecule has 0 bridgehead atoms. The number of carbonyl (C=O) groups is 1. The smallest absolute Gasteiger partial charge is 0.337 e. The number of hydrogen-bond donors (Lipinski definition) is 4. The van der Waals surface area contributed by atoms with Gasteiger partial charge in [-0.15, -0.1) is 10.2 Å². The predicted molar refractivity (Wildman–Crippen MR) is 150 cm³/mol. The highest BCUT2D eigenvalue weighted by Gasteiger charge is 2.20. The van der Waals surface area contributed by atoms with E-state index in [1.165, 1.54) is 42.5 Å². The fourth-order valence-corrected chi connectivity index (χ4v) is 5.06. The molecule has 0 spiro atoms. The molecule has 0 heterocycles. The number of aromatic hydroxyl groups is 1. The zero-order valence-corrected chi connectivity index (χ0v) is 21.1. The van der Waals surface area contributed by atoms with Crippen LogP contribution in [0.15, 0.2) is 124 Å². The fourth-order valence-electron chi connectivity index (χ4n) is 3.96. The van der Waals surface area contributed by atoms with Gasteiger partial charge < -0.3 is 15.5 Å². The molecule has 39 heavy (non-hydrogen) atoms. The zero-order valence-electron chi connectivity index (χ0n) is 20.3. The molecule has 5 rings (SSSR count). The van der Waals surface area contributed by atoms with Gasteiger partial charge in [0.25, 0.3) is 10.0 Å². The summed E-state index contributed by atoms with van der Waals surface area (Å²) in [6.07, 6.45) is 0. The van der Waals surface area contributed by atoms with E-state index in [4.69, 9.17) is 0 Å². The number of para-hydroxylation sites is 2. The maximum absolute atomic E-state index is 13.1. The van der Waals surface area contributed by atoms with Crippen molar-refractivity contribution in [2.75, 3.05) is 10.0 Å². The molecule has 4 N–H and O–H groups in total. The predicted octanol–water partition coefficient (Wildman–Crippen LogP) is 7.20. The van der Waals surface area contributed by atoms with Crippen LogP contribution in [0.4, 0.5) is 28.4 Å². The second kappa shape index (κ2) is 10.6. The van der Waals surface area contributed by atoms with Crippen LogP contribution in [0, 0.1) is 0 Å². The molecule has 5 aromatic carbocycles. The first-order chi connectivity index (χ1) is 18.8. The molecule has 0 radical (unpaired) electrons. The highest BCUT2D eigenvalue weighted by molar-refractivity contribution is 7.92. The summed E-state index contributed by atoms with van der Waals surface area (Å²) >= 11 is 0. The van der Waals surface area contributed by atoms with Crippen molar-refractivity contribution >= 4 is 55.2 Å². The number of anilines is 3. The molecule has 0 saturated carbocycles. The van der Waals surface area contributed by atoms with E-state index in [0.29, 0.717) is 11.4 Å². The standard InChI is InChI=1S/C29H22N4O5S/c34-27-17-15-21(39(37,38)33-24-13-7-6-12-23(24)29(35)36)18-26(27)31-32-28-22-11-5-4-8-19(22)14-16-25(28)30-20-9-2-1-3-10-20/h1-18,30,33-34H,(H,35,36). The molecule has 0 aliphatic rings. The maximum Gasteiger partial charge on any atom is 0.337 e. The Hall–Kier alpha value is -5.22. The van der Waals surface area contributed by atoms with Crippen LogP contribution >= 0.6 is 0 Å². The Bertz CT molecular complexity index is 1820. The van der Waals surface area contributed by atoms with Gasteiger partial charge in [-0.25, -0.2) is 13.2 Å². The van der Waals surface area contributed by atoms with Crippen molar-refractivity contribution in [1.29, 1.82) is 0 Å². The SMILES string of the molecule is O=C(O)c1ccccc1NS(=O)(=O)c1ccc(O)c(N=Nc2c(Nc3ccccc3)ccc3ccccc23)c1. The van der Waals surface area contributed by atoms with Crippen LogP contribution < -0.4 is 10.0 Å². The van der Waals surface area contributed by atoms with Crippen molar-refractivity contribution in [2.24, 2.45) is 10.2 Å². The average molecular weight is 539 g/mol. The Morgan fingerprint density at radius 3 is 2.26 bits per heavy atom. The van der Waals surface area contributed by atoms with E-state index in [0.717, 1.165) is 16.5 Å². The van der Waals surface area contributed by atoms with Gasteiger partial charge in [0.1, 0.15) is 17.1 Å². The van der Waals surface area contributed by atoms with Gasteiger partial charge in [-0.1, -0.05) is 60.7 Å². The first-order valence-electron chi connectivity index (χ1n) is 11.8. The highest BCUT2D eigenvalue weighted by atomic mass is 32.2. The summed E-state index contributed by atoms with van der Waals surface area (Å²) in [6.45, 7) is 0. The van der Waals surface area contributed by atoms with Crippen molar-refractivity contribution in [3.8, 4) is 5.75 Å². The van der Waals surface area contributed by atoms with Crippen LogP contribution in [0.3, 0.4) is 0 Å². The largest absolute Gasteiger partial charge is 0.506 e. The third-order valence-corrected chi connectivity index (χ3v) is 7.23. The van der Waals surface area contributed by atoms with Crippen molar-refractivity contribution in [3.63, 3.8) is 0 Å². The van der Waals surface area contributed by atoms with Gasteiger partial charge in [0.05, 0.1) is 21.8 Å². The van der Waals surface area contributed by atoms with Crippen LogP contribution in [-0.2, 0) is 10.0 Å². The molecule has 0 aromatic heterocycles. The fraction of sp³-hybridized carbons (Fsp3) is 0. The Balaban J connectivity index is 1.52. The van der Waals surface area contributed by atoms with Gasteiger partial charge >= 0.3 is 5.97 Å². The molecular weight excluding hydrogens is 516 g/mol. The lowest BCUT2D eigenvalue weighted by molar-refractivity contribution is 0.0698. The normalized spacial score (nSPS) is 11.5. The molecule has 0 saturated heterocycles. The first kappa shape index (κ1) is 25.4. The monoisotopic (exact) mass is 538 g/mol. The van der Waals surface area contributed by atoms with Gasteiger partial charge in [-0.05, 0) is 53.9 Å². The van der Waals surface area contributed by atoms with E-state index in [9.17, 15) is 23.4 Å². The molecule has 10 heteroatoms. The van der Waals surface area contributed by atoms with E-state index >= 15 is 0 Å². The van der Waals surface area contributed by atoms with E-state index in [1.807, 2.05) is 66.7 Å². The van der Waals surface area contributed by atoms with Crippen molar-refractivity contribution < 1.29 is 23.4 Å². The van der Waals surface area contributed by atoms with Gasteiger partial charge in [0.15, 0.2) is 0 Å². The quantitative estimate of drug-likeness (QED) is 0.154. The molecule has 0 atom stereocenters. The number of carboxylic acids is 1. The Morgan fingerprint density at radius 2 is 1.46 bits per heavy atom. The van der Waals surface area contributed by atoms with Gasteiger partial charge in [0.2, 0.25) is 0 Å². The minimum absolute atomic E-state index is 0.0806. The number of phenolic OH excluding ortho intramolecular Hbond substituents is 1. The van der Waals surface area contributed by atoms with Gasteiger partial charge in [-0.2, -0.15) is 0 Å². The molecule has 0 unspecified atom stereocenters. The number of carboxylic acid groups (broad SMARTS) is 1. The lowest BCUT2D eigenvalue weighted by atomic mass is 10.1. The number of rotatable bonds is 8. The third kappa shape index (κ3) is 5.55. The number of benzene rings is 5. The Kier molecular flexibility index (Phi) is 6.94. The van der Waals surface area contributed by atoms with E-state index in [1.54, 1.807) is 0 Å². The molecule has 194 valence electrons. The molecule has 0 aliphatic heterocycles. The zero-order chi connectivity index (χ0) is 27.4. The highest BCUT2D eigenvalue weighted by Crippen LogP contribution is 2.38. The number of phenols is 1. The van der Waals surface area contributed by atoms with Gasteiger partial charge in [-0.3, -0.25) is 4.72 Å². The van der Waals surface area contributed by atoms with Crippen LogP contribution in [0.1, 0.15) is 10.4 Å². The van der Waals surface area contributed by atoms with E-state index in [-0.39, 0.29) is 27.6 Å². The number of hydrogen-bond acceptors (Lipinski definition) is 7. The molecule has 9 nitrogen and oxygen atoms in total. The summed E-state index contributed by atoms with van der Waals surface area (Å²) in [7, 11) is -4.21. The Labute approximate surface area is 224 Å². The number of nitrogens with one attached hydrogen (secondary N) is 2. The number of aromatic carboxylic acids is 1. The average Bonchev–Trinajstić information content (AvgIpc) is 2.93. The summed E-state index contributed by atoms with van der Waals surface area (Å²) in [6, 6.07) is 30.2. The van der Waals surface area contributed by atoms with E-state index in [2.05, 4.69) is 20.3 Å². The summed E-state index contributed by atoms with van der Waals surface area (Å²) < 4.78 is 28.4. The molecule has 0 fully saturated rings. The lowest BCUT2D eigenvalue weighted by Gasteiger charge is -2.12. The van der Waals surface area contributed by atoms with E-state index < -0.39 is 16.0 Å². The minimum Gasteiger partial charge on any atom is -0.506 e. The van der Waals surface area contributed by atoms with Crippen molar-refractivity contribution in [1.82, 2.24) is 0 Å². The second-order valence-corrected chi connectivity index (χ2v) is 10.2. The topological polar surface area (TPSA) is 140 Å². The molecule has 0 aliphatic carbocycles. The molecule has 0 amide bonds. The summed E-state index contributed by atoms with van der Waals surface area (Å²) in [5.74, 6) is -1.55. The minimum atomic E-state index is -4.21. The first-order valence-corrected chi connectivity index (χ1v) is 13.2. The summed E-state index contributed by atoms with van der Waals surface area (Å²) in [4.78, 5) is 11.3. The van der Waals surface area contributed by atoms with Crippen LogP contribution in [-0.4, -0.2) is 24.6 Å². The van der Waals surface area contributed by atoms with Crippen molar-refractivity contribution in [3.05, 3.63) is 115 Å². The summed E-state index contributed by atoms with van der Waals surface area (Å²) in [5, 5.41) is 33.5. The number of azo groups is 1. The number of sulfonamides is 1. The van der Waals surface area contributed by atoms with Crippen LogP contribution in [0.2, 0.25) is 0 Å². The number of fused-ring (bicyclic) bond motifs is 1. The molecule has 5 aromatic rings. The Morgan fingerprint density at radius 1 is 0.744 bits per heavy atom.